The quantitative estimate of drug-likeness (QED) is 0.186. The number of nitrogens with one attached hydrogen (secondary N) is 4. The Hall–Kier alpha value is -4.63. The van der Waals surface area contributed by atoms with Gasteiger partial charge in [0.25, 0.3) is 5.91 Å². The molecule has 5 rings (SSSR count). The van der Waals surface area contributed by atoms with Crippen molar-refractivity contribution in [2.24, 2.45) is 0 Å². The number of likely N-dealkylation sites (tertiary alicyclic amines) is 1. The van der Waals surface area contributed by atoms with Gasteiger partial charge in [0.05, 0.1) is 11.3 Å². The van der Waals surface area contributed by atoms with Crippen LogP contribution in [0.3, 0.4) is 0 Å². The summed E-state index contributed by atoms with van der Waals surface area (Å²) in [7, 11) is 3.93. The Morgan fingerprint density at radius 1 is 0.978 bits per heavy atom. The Bertz CT molecular complexity index is 1620. The number of carbonyl (C=O) groups is 3. The van der Waals surface area contributed by atoms with Gasteiger partial charge >= 0.3 is 6.03 Å². The fourth-order valence-corrected chi connectivity index (χ4v) is 6.26. The van der Waals surface area contributed by atoms with Crippen molar-refractivity contribution in [1.82, 2.24) is 25.4 Å². The zero-order valence-corrected chi connectivity index (χ0v) is 26.6. The van der Waals surface area contributed by atoms with Crippen LogP contribution in [0.25, 0.3) is 10.9 Å². The zero-order valence-electron chi connectivity index (χ0n) is 26.6. The summed E-state index contributed by atoms with van der Waals surface area (Å²) in [5.74, 6) is -0.616. The molecule has 1 aliphatic rings. The van der Waals surface area contributed by atoms with Gasteiger partial charge in [-0.2, -0.15) is 0 Å². The molecule has 9 nitrogen and oxygen atoms in total. The number of urea groups is 1. The van der Waals surface area contributed by atoms with Crippen molar-refractivity contribution in [2.45, 2.75) is 51.1 Å². The van der Waals surface area contributed by atoms with Gasteiger partial charge in [-0.05, 0) is 74.7 Å². The van der Waals surface area contributed by atoms with Crippen LogP contribution >= 0.6 is 0 Å². The maximum absolute atomic E-state index is 14.2. The van der Waals surface area contributed by atoms with Crippen molar-refractivity contribution >= 4 is 34.4 Å². The van der Waals surface area contributed by atoms with E-state index in [0.29, 0.717) is 43.3 Å². The molecule has 236 valence electrons. The number of aromatic amines is 1. The van der Waals surface area contributed by atoms with E-state index in [1.807, 2.05) is 81.5 Å². The number of amides is 4. The average molecular weight is 609 g/mol. The van der Waals surface area contributed by atoms with E-state index in [4.69, 9.17) is 0 Å². The van der Waals surface area contributed by atoms with Crippen molar-refractivity contribution in [3.05, 3.63) is 101 Å². The molecule has 0 bridgehead atoms. The van der Waals surface area contributed by atoms with E-state index in [9.17, 15) is 14.4 Å². The van der Waals surface area contributed by atoms with Crippen LogP contribution in [-0.2, 0) is 11.3 Å². The number of piperidine rings is 1. The third-order valence-corrected chi connectivity index (χ3v) is 8.65. The van der Waals surface area contributed by atoms with Crippen molar-refractivity contribution in [3.63, 3.8) is 0 Å². The summed E-state index contributed by atoms with van der Waals surface area (Å²) < 4.78 is 0. The number of H-pyrrole nitrogens is 1. The molecule has 2 heterocycles. The number of anilines is 1. The molecule has 1 saturated heterocycles. The Morgan fingerprint density at radius 3 is 2.40 bits per heavy atom. The van der Waals surface area contributed by atoms with Crippen LogP contribution in [-0.4, -0.2) is 72.4 Å². The molecule has 1 aliphatic heterocycles. The summed E-state index contributed by atoms with van der Waals surface area (Å²) in [6, 6.07) is 22.7. The molecule has 0 saturated carbocycles. The molecule has 0 spiro atoms. The van der Waals surface area contributed by atoms with Crippen molar-refractivity contribution in [3.8, 4) is 0 Å². The second-order valence-electron chi connectivity index (χ2n) is 12.1. The number of aromatic nitrogens is 1. The minimum Gasteiger partial charge on any atom is -0.361 e. The molecule has 1 aromatic heterocycles. The van der Waals surface area contributed by atoms with Crippen LogP contribution in [0.15, 0.2) is 79.0 Å². The van der Waals surface area contributed by atoms with Crippen LogP contribution in [0.1, 0.15) is 65.6 Å². The first kappa shape index (κ1) is 31.8. The Morgan fingerprint density at radius 2 is 1.69 bits per heavy atom. The van der Waals surface area contributed by atoms with Crippen molar-refractivity contribution in [2.75, 3.05) is 39.0 Å². The SMILES string of the molecule is CCNC(=O)c1ccc(CN(C)C)cc1NC(=O)[C@H](NC(=O)N1CCC(c2ccccc2)CC1)[C@H](C)c1c[nH]c2ccccc12. The molecule has 0 radical (unpaired) electrons. The largest absolute Gasteiger partial charge is 0.361 e. The number of hydrogen-bond donors (Lipinski definition) is 4. The number of para-hydroxylation sites is 1. The number of rotatable bonds is 10. The molecule has 1 fully saturated rings. The minimum absolute atomic E-state index is 0.265. The first-order valence-corrected chi connectivity index (χ1v) is 15.8. The van der Waals surface area contributed by atoms with Crippen LogP contribution in [0, 0.1) is 0 Å². The van der Waals surface area contributed by atoms with Crippen LogP contribution in [0.5, 0.6) is 0 Å². The third-order valence-electron chi connectivity index (χ3n) is 8.65. The molecule has 2 atom stereocenters. The van der Waals surface area contributed by atoms with Crippen molar-refractivity contribution in [1.29, 1.82) is 0 Å². The second kappa shape index (κ2) is 14.4. The van der Waals surface area contributed by atoms with Gasteiger partial charge in [-0.25, -0.2) is 4.79 Å². The van der Waals surface area contributed by atoms with Gasteiger partial charge in [0, 0.05) is 49.2 Å². The Balaban J connectivity index is 1.41. The number of hydrogen-bond acceptors (Lipinski definition) is 4. The molecule has 4 N–H and O–H groups in total. The highest BCUT2D eigenvalue weighted by Crippen LogP contribution is 2.31. The van der Waals surface area contributed by atoms with Crippen LogP contribution in [0.4, 0.5) is 10.5 Å². The summed E-state index contributed by atoms with van der Waals surface area (Å²) in [6.07, 6.45) is 3.63. The average Bonchev–Trinajstić information content (AvgIpc) is 3.48. The normalized spacial score (nSPS) is 15.1. The first-order chi connectivity index (χ1) is 21.7. The summed E-state index contributed by atoms with van der Waals surface area (Å²) in [6.45, 7) is 6.12. The van der Waals surface area contributed by atoms with Crippen LogP contribution < -0.4 is 16.0 Å². The van der Waals surface area contributed by atoms with Crippen LogP contribution in [0.2, 0.25) is 0 Å². The van der Waals surface area contributed by atoms with E-state index in [0.717, 1.165) is 34.9 Å². The molecule has 4 amide bonds. The maximum Gasteiger partial charge on any atom is 0.318 e. The molecule has 0 unspecified atom stereocenters. The Labute approximate surface area is 265 Å². The molecule has 0 aliphatic carbocycles. The lowest BCUT2D eigenvalue weighted by Gasteiger charge is -2.34. The number of fused-ring (bicyclic) bond motifs is 1. The fraction of sp³-hybridized carbons (Fsp3) is 0.361. The Kier molecular flexibility index (Phi) is 10.2. The summed E-state index contributed by atoms with van der Waals surface area (Å²) >= 11 is 0. The predicted octanol–water partition coefficient (Wildman–Crippen LogP) is 5.68. The lowest BCUT2D eigenvalue weighted by atomic mass is 9.89. The fourth-order valence-electron chi connectivity index (χ4n) is 6.26. The molecule has 9 heteroatoms. The zero-order chi connectivity index (χ0) is 31.9. The highest BCUT2D eigenvalue weighted by Gasteiger charge is 2.33. The third kappa shape index (κ3) is 7.54. The molecular weight excluding hydrogens is 564 g/mol. The molecule has 3 aromatic carbocycles. The first-order valence-electron chi connectivity index (χ1n) is 15.8. The van der Waals surface area contributed by atoms with E-state index in [1.165, 1.54) is 5.56 Å². The lowest BCUT2D eigenvalue weighted by molar-refractivity contribution is -0.118. The number of nitrogens with zero attached hydrogens (tertiary/aromatic N) is 2. The summed E-state index contributed by atoms with van der Waals surface area (Å²) in [4.78, 5) is 48.1. The van der Waals surface area contributed by atoms with E-state index in [-0.39, 0.29) is 23.8 Å². The van der Waals surface area contributed by atoms with E-state index in [2.05, 4.69) is 45.2 Å². The van der Waals surface area contributed by atoms with Gasteiger partial charge in [-0.1, -0.05) is 61.5 Å². The summed E-state index contributed by atoms with van der Waals surface area (Å²) in [5.41, 5.74) is 4.93. The molecule has 4 aromatic rings. The monoisotopic (exact) mass is 608 g/mol. The van der Waals surface area contributed by atoms with E-state index < -0.39 is 6.04 Å². The molecule has 45 heavy (non-hydrogen) atoms. The molecular formula is C36H44N6O3. The smallest absolute Gasteiger partial charge is 0.318 e. The van der Waals surface area contributed by atoms with Gasteiger partial charge in [0.1, 0.15) is 6.04 Å². The second-order valence-corrected chi connectivity index (χ2v) is 12.1. The standard InChI is InChI=1S/C36H44N6O3/c1-5-37-34(43)29-16-15-25(23-41(3)4)21-32(29)39-35(44)33(24(2)30-22-38-31-14-10-9-13-28(30)31)40-36(45)42-19-17-27(18-20-42)26-11-7-6-8-12-26/h6-16,21-22,24,27,33,38H,5,17-20,23H2,1-4H3,(H,37,43)(H,39,44)(H,40,45)/t24-,33-/m1/s1. The predicted molar refractivity (Wildman–Crippen MR) is 179 cm³/mol. The number of carbonyl (C=O) groups excluding carboxylic acids is 3. The topological polar surface area (TPSA) is 110 Å². The van der Waals surface area contributed by atoms with Gasteiger partial charge in [-0.3, -0.25) is 9.59 Å². The van der Waals surface area contributed by atoms with Gasteiger partial charge in [0.15, 0.2) is 0 Å². The van der Waals surface area contributed by atoms with Crippen molar-refractivity contribution < 1.29 is 14.4 Å². The van der Waals surface area contributed by atoms with Gasteiger partial charge in [0.2, 0.25) is 5.91 Å². The maximum atomic E-state index is 14.2. The highest BCUT2D eigenvalue weighted by molar-refractivity contribution is 6.06. The van der Waals surface area contributed by atoms with Gasteiger partial charge < -0.3 is 30.7 Å². The minimum atomic E-state index is -0.900. The lowest BCUT2D eigenvalue weighted by Crippen LogP contribution is -2.53. The highest BCUT2D eigenvalue weighted by atomic mass is 16.2. The number of benzene rings is 3. The van der Waals surface area contributed by atoms with E-state index in [1.54, 1.807) is 11.0 Å². The summed E-state index contributed by atoms with van der Waals surface area (Å²) in [5, 5.41) is 9.95. The van der Waals surface area contributed by atoms with Gasteiger partial charge in [-0.15, -0.1) is 0 Å². The van der Waals surface area contributed by atoms with E-state index >= 15 is 0 Å².